The maximum atomic E-state index is 6.41. The lowest BCUT2D eigenvalue weighted by atomic mass is 9.86. The summed E-state index contributed by atoms with van der Waals surface area (Å²) in [6.07, 6.45) is 2.07. The molecular formula is C19H23NO. The summed E-state index contributed by atoms with van der Waals surface area (Å²) in [6, 6.07) is 16.8. The first-order chi connectivity index (χ1) is 10.1. The van der Waals surface area contributed by atoms with Crippen molar-refractivity contribution in [3.8, 4) is 5.75 Å². The standard InChI is InChI=1S/C19H23NO/c1-13(2)15-7-5-8-16(12-15)21-18-11-10-14-6-3-4-9-17(14)19(18)20/h3-9,12-13,18-19H,10-11,20H2,1-2H3. The number of aryl methyl sites for hydroxylation is 1. The number of hydrogen-bond donors (Lipinski definition) is 1. The molecule has 0 bridgehead atoms. The lowest BCUT2D eigenvalue weighted by Crippen LogP contribution is -2.35. The van der Waals surface area contributed by atoms with Crippen molar-refractivity contribution in [3.63, 3.8) is 0 Å². The van der Waals surface area contributed by atoms with E-state index in [2.05, 4.69) is 56.3 Å². The second kappa shape index (κ2) is 5.90. The fourth-order valence-electron chi connectivity index (χ4n) is 3.02. The molecule has 1 aliphatic carbocycles. The van der Waals surface area contributed by atoms with Crippen LogP contribution in [0.25, 0.3) is 0 Å². The predicted octanol–water partition coefficient (Wildman–Crippen LogP) is 4.20. The second-order valence-corrected chi connectivity index (χ2v) is 6.15. The number of fused-ring (bicyclic) bond motifs is 1. The lowest BCUT2D eigenvalue weighted by molar-refractivity contribution is 0.153. The number of ether oxygens (including phenoxy) is 1. The molecule has 2 aromatic carbocycles. The molecule has 3 rings (SSSR count). The van der Waals surface area contributed by atoms with Crippen molar-refractivity contribution < 1.29 is 4.74 Å². The van der Waals surface area contributed by atoms with Crippen molar-refractivity contribution in [2.45, 2.75) is 44.8 Å². The number of rotatable bonds is 3. The summed E-state index contributed by atoms with van der Waals surface area (Å²) in [4.78, 5) is 0. The van der Waals surface area contributed by atoms with Gasteiger partial charge in [0.1, 0.15) is 11.9 Å². The van der Waals surface area contributed by atoms with Gasteiger partial charge in [-0.15, -0.1) is 0 Å². The Morgan fingerprint density at radius 2 is 1.90 bits per heavy atom. The minimum absolute atomic E-state index is 0.0438. The fraction of sp³-hybridized carbons (Fsp3) is 0.368. The number of hydrogen-bond acceptors (Lipinski definition) is 2. The van der Waals surface area contributed by atoms with Crippen molar-refractivity contribution in [2.24, 2.45) is 5.73 Å². The molecule has 2 heteroatoms. The Hall–Kier alpha value is -1.80. The smallest absolute Gasteiger partial charge is 0.120 e. The van der Waals surface area contributed by atoms with Crippen molar-refractivity contribution in [1.29, 1.82) is 0 Å². The van der Waals surface area contributed by atoms with Gasteiger partial charge in [-0.1, -0.05) is 50.2 Å². The van der Waals surface area contributed by atoms with Crippen LogP contribution in [0.1, 0.15) is 48.9 Å². The Bertz CT molecular complexity index is 620. The Morgan fingerprint density at radius 3 is 2.71 bits per heavy atom. The van der Waals surface area contributed by atoms with Gasteiger partial charge in [0.05, 0.1) is 6.04 Å². The number of benzene rings is 2. The van der Waals surface area contributed by atoms with Crippen molar-refractivity contribution >= 4 is 0 Å². The third kappa shape index (κ3) is 2.96. The first kappa shape index (κ1) is 14.2. The molecule has 2 unspecified atom stereocenters. The van der Waals surface area contributed by atoms with Crippen LogP contribution in [0.15, 0.2) is 48.5 Å². The quantitative estimate of drug-likeness (QED) is 0.915. The third-order valence-electron chi connectivity index (χ3n) is 4.33. The topological polar surface area (TPSA) is 35.2 Å². The van der Waals surface area contributed by atoms with Gasteiger partial charge in [-0.2, -0.15) is 0 Å². The molecule has 2 N–H and O–H groups in total. The van der Waals surface area contributed by atoms with Gasteiger partial charge in [-0.25, -0.2) is 0 Å². The van der Waals surface area contributed by atoms with Crippen LogP contribution in [-0.4, -0.2) is 6.10 Å². The normalized spacial score (nSPS) is 21.1. The highest BCUT2D eigenvalue weighted by Crippen LogP contribution is 2.31. The van der Waals surface area contributed by atoms with Crippen LogP contribution < -0.4 is 10.5 Å². The van der Waals surface area contributed by atoms with E-state index in [1.807, 2.05) is 6.07 Å². The lowest BCUT2D eigenvalue weighted by Gasteiger charge is -2.31. The van der Waals surface area contributed by atoms with E-state index < -0.39 is 0 Å². The molecule has 2 aromatic rings. The maximum absolute atomic E-state index is 6.41. The number of nitrogens with two attached hydrogens (primary N) is 1. The summed E-state index contributed by atoms with van der Waals surface area (Å²) in [5.74, 6) is 1.44. The SMILES string of the molecule is CC(C)c1cccc(OC2CCc3ccccc3C2N)c1. The molecule has 2 atom stereocenters. The Balaban J connectivity index is 1.79. The largest absolute Gasteiger partial charge is 0.488 e. The molecule has 21 heavy (non-hydrogen) atoms. The molecule has 0 fully saturated rings. The van der Waals surface area contributed by atoms with E-state index in [-0.39, 0.29) is 12.1 Å². The zero-order valence-corrected chi connectivity index (χ0v) is 12.8. The molecular weight excluding hydrogens is 258 g/mol. The van der Waals surface area contributed by atoms with Gasteiger partial charge in [0, 0.05) is 0 Å². The van der Waals surface area contributed by atoms with Gasteiger partial charge in [-0.3, -0.25) is 0 Å². The minimum atomic E-state index is -0.0438. The highest BCUT2D eigenvalue weighted by atomic mass is 16.5. The molecule has 0 amide bonds. The van der Waals surface area contributed by atoms with Gasteiger partial charge in [0.2, 0.25) is 0 Å². The predicted molar refractivity (Wildman–Crippen MR) is 86.6 cm³/mol. The van der Waals surface area contributed by atoms with E-state index in [1.165, 1.54) is 16.7 Å². The molecule has 0 aliphatic heterocycles. The summed E-state index contributed by atoms with van der Waals surface area (Å²) in [6.45, 7) is 4.39. The van der Waals surface area contributed by atoms with Gasteiger partial charge in [-0.05, 0) is 47.6 Å². The molecule has 1 aliphatic rings. The third-order valence-corrected chi connectivity index (χ3v) is 4.33. The van der Waals surface area contributed by atoms with Crippen LogP contribution in [0.2, 0.25) is 0 Å². The monoisotopic (exact) mass is 281 g/mol. The summed E-state index contributed by atoms with van der Waals surface area (Å²) < 4.78 is 6.19. The molecule has 0 heterocycles. The molecule has 0 radical (unpaired) electrons. The summed E-state index contributed by atoms with van der Waals surface area (Å²) >= 11 is 0. The van der Waals surface area contributed by atoms with E-state index in [1.54, 1.807) is 0 Å². The zero-order valence-electron chi connectivity index (χ0n) is 12.8. The fourth-order valence-corrected chi connectivity index (χ4v) is 3.02. The van der Waals surface area contributed by atoms with Gasteiger partial charge in [0.15, 0.2) is 0 Å². The van der Waals surface area contributed by atoms with Gasteiger partial charge >= 0.3 is 0 Å². The average molecular weight is 281 g/mol. The Labute approximate surface area is 126 Å². The molecule has 0 aromatic heterocycles. The Morgan fingerprint density at radius 1 is 1.10 bits per heavy atom. The van der Waals surface area contributed by atoms with Crippen molar-refractivity contribution in [3.05, 3.63) is 65.2 Å². The highest BCUT2D eigenvalue weighted by Gasteiger charge is 2.27. The molecule has 0 saturated heterocycles. The van der Waals surface area contributed by atoms with E-state index in [0.717, 1.165) is 18.6 Å². The van der Waals surface area contributed by atoms with Crippen LogP contribution in [0.5, 0.6) is 5.75 Å². The second-order valence-electron chi connectivity index (χ2n) is 6.15. The average Bonchev–Trinajstić information content (AvgIpc) is 2.51. The van der Waals surface area contributed by atoms with E-state index in [4.69, 9.17) is 10.5 Å². The van der Waals surface area contributed by atoms with E-state index in [0.29, 0.717) is 5.92 Å². The molecule has 0 spiro atoms. The van der Waals surface area contributed by atoms with Crippen LogP contribution in [0.3, 0.4) is 0 Å². The molecule has 2 nitrogen and oxygen atoms in total. The van der Waals surface area contributed by atoms with E-state index in [9.17, 15) is 0 Å². The van der Waals surface area contributed by atoms with Gasteiger partial charge < -0.3 is 10.5 Å². The summed E-state index contributed by atoms with van der Waals surface area (Å²) in [5.41, 5.74) is 10.3. The summed E-state index contributed by atoms with van der Waals surface area (Å²) in [7, 11) is 0. The van der Waals surface area contributed by atoms with Crippen LogP contribution >= 0.6 is 0 Å². The zero-order chi connectivity index (χ0) is 14.8. The molecule has 110 valence electrons. The first-order valence-electron chi connectivity index (χ1n) is 7.75. The van der Waals surface area contributed by atoms with Crippen LogP contribution in [0.4, 0.5) is 0 Å². The molecule has 0 saturated carbocycles. The van der Waals surface area contributed by atoms with E-state index >= 15 is 0 Å². The van der Waals surface area contributed by atoms with Crippen molar-refractivity contribution in [1.82, 2.24) is 0 Å². The first-order valence-corrected chi connectivity index (χ1v) is 7.75. The van der Waals surface area contributed by atoms with Crippen LogP contribution in [0, 0.1) is 0 Å². The van der Waals surface area contributed by atoms with Crippen molar-refractivity contribution in [2.75, 3.05) is 0 Å². The highest BCUT2D eigenvalue weighted by molar-refractivity contribution is 5.35. The maximum Gasteiger partial charge on any atom is 0.120 e. The Kier molecular flexibility index (Phi) is 3.98. The minimum Gasteiger partial charge on any atom is -0.488 e. The summed E-state index contributed by atoms with van der Waals surface area (Å²) in [5, 5.41) is 0. The van der Waals surface area contributed by atoms with Crippen LogP contribution in [-0.2, 0) is 6.42 Å². The van der Waals surface area contributed by atoms with Gasteiger partial charge in [0.25, 0.3) is 0 Å².